The molecule has 0 amide bonds. The third-order valence-electron chi connectivity index (χ3n) is 4.60. The molecule has 6 heteroatoms. The molecule has 144 valence electrons. The average molecular weight is 454 g/mol. The van der Waals surface area contributed by atoms with Crippen LogP contribution in [0.5, 0.6) is 0 Å². The zero-order chi connectivity index (χ0) is 16.9. The topological polar surface area (TPSA) is 48.9 Å². The summed E-state index contributed by atoms with van der Waals surface area (Å²) in [6.45, 7) is 13.8. The summed E-state index contributed by atoms with van der Waals surface area (Å²) < 4.78 is 5.61. The molecule has 2 N–H and O–H groups in total. The number of halogens is 1. The third kappa shape index (κ3) is 11.5. The molecule has 1 saturated heterocycles. The Morgan fingerprint density at radius 3 is 2.42 bits per heavy atom. The van der Waals surface area contributed by atoms with Crippen molar-refractivity contribution < 1.29 is 4.74 Å². The van der Waals surface area contributed by atoms with Gasteiger partial charge in [-0.15, -0.1) is 24.0 Å². The van der Waals surface area contributed by atoms with Crippen molar-refractivity contribution in [2.24, 2.45) is 16.8 Å². The van der Waals surface area contributed by atoms with E-state index in [0.29, 0.717) is 5.92 Å². The number of aliphatic imine (C=N–C) groups is 1. The van der Waals surface area contributed by atoms with Crippen LogP contribution in [0.1, 0.15) is 46.5 Å². The molecule has 1 aliphatic rings. The molecule has 0 unspecified atom stereocenters. The van der Waals surface area contributed by atoms with Gasteiger partial charge in [0.15, 0.2) is 5.96 Å². The lowest BCUT2D eigenvalue weighted by Crippen LogP contribution is -2.40. The van der Waals surface area contributed by atoms with Gasteiger partial charge in [-0.3, -0.25) is 4.99 Å². The fraction of sp³-hybridized carbons (Fsp3) is 0.944. The van der Waals surface area contributed by atoms with Crippen LogP contribution in [0, 0.1) is 11.8 Å². The van der Waals surface area contributed by atoms with Gasteiger partial charge < -0.3 is 20.3 Å². The van der Waals surface area contributed by atoms with Crippen LogP contribution in [0.2, 0.25) is 0 Å². The van der Waals surface area contributed by atoms with Crippen molar-refractivity contribution in [2.45, 2.75) is 46.5 Å². The molecule has 1 fully saturated rings. The number of piperidine rings is 1. The molecule has 0 spiro atoms. The first-order chi connectivity index (χ1) is 11.2. The Hall–Kier alpha value is -0.0800. The molecule has 5 nitrogen and oxygen atoms in total. The Kier molecular flexibility index (Phi) is 15.1. The molecule has 0 atom stereocenters. The van der Waals surface area contributed by atoms with Crippen LogP contribution in [0.4, 0.5) is 0 Å². The van der Waals surface area contributed by atoms with Crippen molar-refractivity contribution >= 4 is 29.9 Å². The molecular weight excluding hydrogens is 415 g/mol. The molecule has 0 aromatic heterocycles. The van der Waals surface area contributed by atoms with E-state index in [2.05, 4.69) is 41.3 Å². The highest BCUT2D eigenvalue weighted by Gasteiger charge is 2.17. The van der Waals surface area contributed by atoms with Crippen molar-refractivity contribution in [3.8, 4) is 0 Å². The summed E-state index contributed by atoms with van der Waals surface area (Å²) in [6, 6.07) is 0. The summed E-state index contributed by atoms with van der Waals surface area (Å²) in [7, 11) is 1.83. The lowest BCUT2D eigenvalue weighted by Gasteiger charge is -2.31. The van der Waals surface area contributed by atoms with Gasteiger partial charge in [0, 0.05) is 26.7 Å². The molecule has 0 saturated carbocycles. The van der Waals surface area contributed by atoms with Crippen molar-refractivity contribution in [2.75, 3.05) is 53.0 Å². The van der Waals surface area contributed by atoms with Gasteiger partial charge >= 0.3 is 0 Å². The highest BCUT2D eigenvalue weighted by molar-refractivity contribution is 14.0. The van der Waals surface area contributed by atoms with Gasteiger partial charge in [0.25, 0.3) is 0 Å². The number of likely N-dealkylation sites (tertiary alicyclic amines) is 1. The molecule has 1 aliphatic heterocycles. The van der Waals surface area contributed by atoms with E-state index in [4.69, 9.17) is 4.74 Å². The van der Waals surface area contributed by atoms with Crippen molar-refractivity contribution in [3.05, 3.63) is 0 Å². The fourth-order valence-electron chi connectivity index (χ4n) is 2.87. The largest absolute Gasteiger partial charge is 0.380 e. The van der Waals surface area contributed by atoms with E-state index in [-0.39, 0.29) is 24.0 Å². The summed E-state index contributed by atoms with van der Waals surface area (Å²) in [5, 5.41) is 6.74. The van der Waals surface area contributed by atoms with E-state index < -0.39 is 0 Å². The highest BCUT2D eigenvalue weighted by atomic mass is 127. The Morgan fingerprint density at radius 1 is 1.17 bits per heavy atom. The van der Waals surface area contributed by atoms with Crippen LogP contribution in [-0.4, -0.2) is 63.8 Å². The standard InChI is InChI=1S/C18H38N4O.HI/c1-5-22-12-7-17(8-13-22)6-10-20-18(19-4)21-11-15-23-14-9-16(2)3;/h16-17H,5-15H2,1-4H3,(H2,19,20,21);1H. The van der Waals surface area contributed by atoms with Gasteiger partial charge in [-0.2, -0.15) is 0 Å². The number of hydrogen-bond acceptors (Lipinski definition) is 3. The lowest BCUT2D eigenvalue weighted by molar-refractivity contribution is 0.128. The van der Waals surface area contributed by atoms with Crippen molar-refractivity contribution in [3.63, 3.8) is 0 Å². The summed E-state index contributed by atoms with van der Waals surface area (Å²) >= 11 is 0. The fourth-order valence-corrected chi connectivity index (χ4v) is 2.87. The van der Waals surface area contributed by atoms with Crippen LogP contribution in [0.15, 0.2) is 4.99 Å². The van der Waals surface area contributed by atoms with E-state index in [1.165, 1.54) is 38.9 Å². The summed E-state index contributed by atoms with van der Waals surface area (Å²) in [5.41, 5.74) is 0. The average Bonchev–Trinajstić information content (AvgIpc) is 2.56. The minimum atomic E-state index is 0. The number of nitrogens with one attached hydrogen (secondary N) is 2. The lowest BCUT2D eigenvalue weighted by atomic mass is 9.93. The van der Waals surface area contributed by atoms with Gasteiger partial charge in [0.1, 0.15) is 0 Å². The van der Waals surface area contributed by atoms with Crippen LogP contribution in [-0.2, 0) is 4.74 Å². The first kappa shape index (κ1) is 23.9. The summed E-state index contributed by atoms with van der Waals surface area (Å²) in [4.78, 5) is 6.82. The van der Waals surface area contributed by atoms with Gasteiger partial charge in [-0.05, 0) is 57.2 Å². The van der Waals surface area contributed by atoms with E-state index in [1.807, 2.05) is 7.05 Å². The number of hydrogen-bond donors (Lipinski definition) is 2. The van der Waals surface area contributed by atoms with Gasteiger partial charge in [-0.25, -0.2) is 0 Å². The molecular formula is C18H39IN4O. The van der Waals surface area contributed by atoms with E-state index in [9.17, 15) is 0 Å². The van der Waals surface area contributed by atoms with Gasteiger partial charge in [0.05, 0.1) is 6.61 Å². The maximum atomic E-state index is 5.61. The Labute approximate surface area is 166 Å². The van der Waals surface area contributed by atoms with Crippen molar-refractivity contribution in [1.29, 1.82) is 0 Å². The quantitative estimate of drug-likeness (QED) is 0.231. The second-order valence-electron chi connectivity index (χ2n) is 6.89. The molecule has 0 radical (unpaired) electrons. The SMILES string of the molecule is CCN1CCC(CCNC(=NC)NCCOCCC(C)C)CC1.I. The summed E-state index contributed by atoms with van der Waals surface area (Å²) in [5.74, 6) is 2.47. The molecule has 0 bridgehead atoms. The number of ether oxygens (including phenoxy) is 1. The highest BCUT2D eigenvalue weighted by Crippen LogP contribution is 2.19. The van der Waals surface area contributed by atoms with Crippen LogP contribution in [0.3, 0.4) is 0 Å². The molecule has 24 heavy (non-hydrogen) atoms. The van der Waals surface area contributed by atoms with Crippen LogP contribution in [0.25, 0.3) is 0 Å². The Balaban J connectivity index is 0.00000529. The molecule has 0 aromatic rings. The second-order valence-corrected chi connectivity index (χ2v) is 6.89. The molecule has 0 aliphatic carbocycles. The summed E-state index contributed by atoms with van der Waals surface area (Å²) in [6.07, 6.45) is 5.05. The van der Waals surface area contributed by atoms with E-state index >= 15 is 0 Å². The van der Waals surface area contributed by atoms with Crippen LogP contribution >= 0.6 is 24.0 Å². The first-order valence-corrected chi connectivity index (χ1v) is 9.40. The predicted molar refractivity (Wildman–Crippen MR) is 115 cm³/mol. The smallest absolute Gasteiger partial charge is 0.191 e. The molecule has 1 heterocycles. The minimum Gasteiger partial charge on any atom is -0.380 e. The molecule has 0 aromatic carbocycles. The number of rotatable bonds is 10. The molecule has 1 rings (SSSR count). The van der Waals surface area contributed by atoms with E-state index in [0.717, 1.165) is 44.6 Å². The zero-order valence-corrected chi connectivity index (χ0v) is 18.5. The number of guanidine groups is 1. The maximum Gasteiger partial charge on any atom is 0.191 e. The zero-order valence-electron chi connectivity index (χ0n) is 16.1. The monoisotopic (exact) mass is 454 g/mol. The minimum absolute atomic E-state index is 0. The number of nitrogens with zero attached hydrogens (tertiary/aromatic N) is 2. The second kappa shape index (κ2) is 15.2. The Morgan fingerprint density at radius 2 is 1.83 bits per heavy atom. The van der Waals surface area contributed by atoms with Gasteiger partial charge in [0.2, 0.25) is 0 Å². The third-order valence-corrected chi connectivity index (χ3v) is 4.60. The Bertz CT molecular complexity index is 318. The first-order valence-electron chi connectivity index (χ1n) is 9.40. The van der Waals surface area contributed by atoms with Crippen LogP contribution < -0.4 is 10.6 Å². The predicted octanol–water partition coefficient (Wildman–Crippen LogP) is 2.95. The van der Waals surface area contributed by atoms with Crippen molar-refractivity contribution in [1.82, 2.24) is 15.5 Å². The van der Waals surface area contributed by atoms with Gasteiger partial charge in [-0.1, -0.05) is 20.8 Å². The maximum absolute atomic E-state index is 5.61. The normalized spacial score (nSPS) is 17.0. The van der Waals surface area contributed by atoms with E-state index in [1.54, 1.807) is 0 Å².